The van der Waals surface area contributed by atoms with E-state index in [9.17, 15) is 4.79 Å². The van der Waals surface area contributed by atoms with Crippen molar-refractivity contribution in [1.82, 2.24) is 0 Å². The third-order valence-electron chi connectivity index (χ3n) is 0.478. The summed E-state index contributed by atoms with van der Waals surface area (Å²) in [5.74, 6) is -0.232. The van der Waals surface area contributed by atoms with Crippen molar-refractivity contribution in [3.63, 3.8) is 0 Å². The van der Waals surface area contributed by atoms with Crippen LogP contribution in [0.5, 0.6) is 0 Å². The highest BCUT2D eigenvalue weighted by Crippen LogP contribution is 2.37. The Bertz CT molecular complexity index is 117. The maximum Gasteiger partial charge on any atom is 0.199 e. The highest BCUT2D eigenvalue weighted by molar-refractivity contribution is 9.40. The molecule has 0 aliphatic heterocycles. The lowest BCUT2D eigenvalue weighted by Gasteiger charge is -2.09. The Morgan fingerprint density at radius 2 is 1.78 bits per heavy atom. The molecule has 0 aromatic rings. The molecule has 0 bridgehead atoms. The van der Waals surface area contributed by atoms with Gasteiger partial charge in [0.1, 0.15) is 4.29 Å². The Labute approximate surface area is 91.4 Å². The normalized spacial score (nSPS) is 15.2. The number of hydrogen-bond donors (Lipinski definition) is 0. The molecule has 0 radical (unpaired) electrons. The van der Waals surface area contributed by atoms with E-state index >= 15 is 0 Å². The lowest BCUT2D eigenvalue weighted by atomic mass is 10.5. The van der Waals surface area contributed by atoms with Crippen LogP contribution in [0.15, 0.2) is 0 Å². The van der Waals surface area contributed by atoms with Crippen LogP contribution in [-0.4, -0.2) is 12.2 Å². The molecule has 0 saturated heterocycles. The molecule has 54 valence electrons. The Morgan fingerprint density at radius 1 is 1.44 bits per heavy atom. The fourth-order valence-corrected chi connectivity index (χ4v) is 2.63. The smallest absolute Gasteiger partial charge is 0.199 e. The zero-order valence-corrected chi connectivity index (χ0v) is 11.0. The molecular weight excluding hydrogens is 407 g/mol. The van der Waals surface area contributed by atoms with Crippen LogP contribution in [-0.2, 0) is 4.79 Å². The Morgan fingerprint density at radius 3 is 1.78 bits per heavy atom. The number of halogens is 5. The molecule has 0 saturated carbocycles. The maximum atomic E-state index is 10.8. The van der Waals surface area contributed by atoms with Crippen LogP contribution in [0, 0.1) is 0 Å². The molecular formula is C3HBr4ClO. The van der Waals surface area contributed by atoms with E-state index < -0.39 is 6.43 Å². The molecule has 0 N–H and O–H groups in total. The summed E-state index contributed by atoms with van der Waals surface area (Å²) in [5, 5.41) is 0. The second kappa shape index (κ2) is 4.04. The number of carbonyl (C=O) groups is 1. The van der Waals surface area contributed by atoms with Crippen molar-refractivity contribution in [2.75, 3.05) is 0 Å². The molecule has 0 fully saturated rings. The second-order valence-corrected chi connectivity index (χ2v) is 9.80. The monoisotopic (exact) mass is 404 g/mol. The highest BCUT2D eigenvalue weighted by atomic mass is 80.0. The van der Waals surface area contributed by atoms with Gasteiger partial charge in [0.25, 0.3) is 0 Å². The Hall–Kier alpha value is 1.88. The molecule has 0 heterocycles. The number of carbonyl (C=O) groups excluding carboxylic acids is 1. The van der Waals surface area contributed by atoms with Crippen molar-refractivity contribution >= 4 is 81.1 Å². The van der Waals surface area contributed by atoms with Crippen molar-refractivity contribution in [3.8, 4) is 0 Å². The van der Waals surface area contributed by atoms with Gasteiger partial charge >= 0.3 is 0 Å². The van der Waals surface area contributed by atoms with Crippen LogP contribution >= 0.6 is 75.3 Å². The van der Waals surface area contributed by atoms with Gasteiger partial charge in [0.15, 0.2) is 7.93 Å². The molecule has 0 aromatic carbocycles. The van der Waals surface area contributed by atoms with Crippen LogP contribution in [0.3, 0.4) is 0 Å². The summed E-state index contributed by atoms with van der Waals surface area (Å²) in [6.07, 6.45) is 0. The van der Waals surface area contributed by atoms with E-state index in [-0.39, 0.29) is 5.78 Å². The van der Waals surface area contributed by atoms with Gasteiger partial charge in [-0.1, -0.05) is 63.7 Å². The number of Topliss-reactive ketones (excluding diaryl/α,β-unsaturated/α-hetero) is 1. The number of alkyl halides is 5. The summed E-state index contributed by atoms with van der Waals surface area (Å²) in [6, 6.07) is 0. The van der Waals surface area contributed by atoms with Crippen molar-refractivity contribution in [3.05, 3.63) is 0 Å². The van der Waals surface area contributed by atoms with E-state index in [1.807, 2.05) is 0 Å². The van der Waals surface area contributed by atoms with Crippen LogP contribution in [0.2, 0.25) is 0 Å². The fraction of sp³-hybridized carbons (Fsp3) is 0.667. The van der Waals surface area contributed by atoms with E-state index in [4.69, 9.17) is 11.6 Å². The summed E-state index contributed by atoms with van der Waals surface area (Å²) in [4.78, 5) is 10.8. The molecule has 6 heteroatoms. The summed E-state index contributed by atoms with van der Waals surface area (Å²) in [7, 11) is 0. The molecule has 9 heavy (non-hydrogen) atoms. The first-order chi connectivity index (χ1) is 3.85. The van der Waals surface area contributed by atoms with Crippen molar-refractivity contribution in [2.45, 2.75) is 6.43 Å². The lowest BCUT2D eigenvalue weighted by molar-refractivity contribution is -0.115. The van der Waals surface area contributed by atoms with Gasteiger partial charge in [-0.15, -0.1) is 11.6 Å². The quantitative estimate of drug-likeness (QED) is 0.609. The third kappa shape index (κ3) is 4.35. The fourth-order valence-electron chi connectivity index (χ4n) is 0.124. The minimum absolute atomic E-state index is 0.232. The van der Waals surface area contributed by atoms with Crippen LogP contribution in [0.1, 0.15) is 0 Å². The standard InChI is InChI=1S/C3HBr4ClO/c4-2(8)1(9)3(5,6)7/h2H. The molecule has 1 nitrogen and oxygen atoms in total. The van der Waals surface area contributed by atoms with Gasteiger partial charge in [-0.2, -0.15) is 0 Å². The molecule has 0 aliphatic rings. The minimum Gasteiger partial charge on any atom is -0.293 e. The Kier molecular flexibility index (Phi) is 4.89. The highest BCUT2D eigenvalue weighted by Gasteiger charge is 2.32. The number of ketones is 1. The molecule has 1 atom stereocenters. The van der Waals surface area contributed by atoms with Gasteiger partial charge in [0, 0.05) is 0 Å². The van der Waals surface area contributed by atoms with Crippen LogP contribution in [0.4, 0.5) is 0 Å². The number of rotatable bonds is 1. The van der Waals surface area contributed by atoms with Gasteiger partial charge in [-0.3, -0.25) is 4.79 Å². The van der Waals surface area contributed by atoms with Crippen LogP contribution in [0.25, 0.3) is 0 Å². The average Bonchev–Trinajstić information content (AvgIpc) is 1.62. The molecule has 0 aromatic heterocycles. The van der Waals surface area contributed by atoms with E-state index in [0.717, 1.165) is 0 Å². The first-order valence-corrected chi connectivity index (χ1v) is 5.48. The van der Waals surface area contributed by atoms with E-state index in [1.54, 1.807) is 0 Å². The minimum atomic E-state index is -0.900. The summed E-state index contributed by atoms with van der Waals surface area (Å²) < 4.78 is -1.58. The topological polar surface area (TPSA) is 17.1 Å². The van der Waals surface area contributed by atoms with Crippen molar-refractivity contribution in [2.24, 2.45) is 0 Å². The Balaban J connectivity index is 4.06. The number of hydrogen-bond acceptors (Lipinski definition) is 1. The molecule has 0 spiro atoms. The predicted octanol–water partition coefficient (Wildman–Crippen LogP) is 3.35. The summed E-state index contributed by atoms with van der Waals surface area (Å²) in [6.45, 7) is 0. The summed E-state index contributed by atoms with van der Waals surface area (Å²) >= 11 is 17.3. The second-order valence-electron chi connectivity index (χ2n) is 1.16. The zero-order valence-electron chi connectivity index (χ0n) is 3.88. The van der Waals surface area contributed by atoms with E-state index in [0.29, 0.717) is 0 Å². The predicted molar refractivity (Wildman–Crippen MR) is 53.1 cm³/mol. The maximum absolute atomic E-state index is 10.8. The van der Waals surface area contributed by atoms with Crippen molar-refractivity contribution < 1.29 is 4.79 Å². The molecule has 0 aliphatic carbocycles. The van der Waals surface area contributed by atoms with E-state index in [1.165, 1.54) is 0 Å². The zero-order chi connectivity index (χ0) is 7.65. The first-order valence-electron chi connectivity index (χ1n) is 1.75. The first kappa shape index (κ1) is 10.9. The molecule has 1 unspecified atom stereocenters. The lowest BCUT2D eigenvalue weighted by Crippen LogP contribution is -2.22. The SMILES string of the molecule is O=C(C(Cl)Br)C(Br)(Br)Br. The molecule has 0 amide bonds. The van der Waals surface area contributed by atoms with Gasteiger partial charge in [-0.05, 0) is 0 Å². The average molecular weight is 408 g/mol. The van der Waals surface area contributed by atoms with Gasteiger partial charge < -0.3 is 0 Å². The van der Waals surface area contributed by atoms with Crippen LogP contribution < -0.4 is 0 Å². The van der Waals surface area contributed by atoms with Gasteiger partial charge in [0.2, 0.25) is 0 Å². The third-order valence-corrected chi connectivity index (χ3v) is 2.26. The van der Waals surface area contributed by atoms with Gasteiger partial charge in [0.05, 0.1) is 0 Å². The van der Waals surface area contributed by atoms with Gasteiger partial charge in [-0.25, -0.2) is 0 Å². The summed E-state index contributed by atoms with van der Waals surface area (Å²) in [5.41, 5.74) is 0. The molecule has 0 rings (SSSR count). The van der Waals surface area contributed by atoms with E-state index in [2.05, 4.69) is 63.7 Å². The largest absolute Gasteiger partial charge is 0.293 e. The van der Waals surface area contributed by atoms with Crippen molar-refractivity contribution in [1.29, 1.82) is 0 Å².